The van der Waals surface area contributed by atoms with E-state index < -0.39 is 12.1 Å². The predicted octanol–water partition coefficient (Wildman–Crippen LogP) is 16.5. The van der Waals surface area contributed by atoms with Gasteiger partial charge in [0.25, 0.3) is 0 Å². The van der Waals surface area contributed by atoms with Crippen molar-refractivity contribution in [2.45, 2.75) is 187 Å². The lowest BCUT2D eigenvalue weighted by atomic mass is 10.1. The van der Waals surface area contributed by atoms with Crippen molar-refractivity contribution in [2.24, 2.45) is 0 Å². The summed E-state index contributed by atoms with van der Waals surface area (Å²) >= 11 is 0. The molecule has 356 valence electrons. The summed E-state index contributed by atoms with van der Waals surface area (Å²) in [4.78, 5) is 37.6. The molecule has 0 aromatic heterocycles. The van der Waals surface area contributed by atoms with Gasteiger partial charge in [-0.3, -0.25) is 14.4 Å². The number of allylic oxidation sites excluding steroid dienone is 24. The summed E-state index contributed by atoms with van der Waals surface area (Å²) in [6.45, 7) is 6.20. The van der Waals surface area contributed by atoms with Gasteiger partial charge in [0.2, 0.25) is 0 Å². The van der Waals surface area contributed by atoms with Gasteiger partial charge in [0.05, 0.1) is 0 Å². The molecule has 0 spiro atoms. The number of esters is 3. The molecule has 64 heavy (non-hydrogen) atoms. The normalized spacial score (nSPS) is 13.4. The topological polar surface area (TPSA) is 78.9 Å². The van der Waals surface area contributed by atoms with Gasteiger partial charge in [-0.1, -0.05) is 199 Å². The SMILES string of the molecule is CC/C=C\C/C=C\C/C=C\C/C=C\C/C=C\C/C=C\C/C=C\C/C=C\CCCCC(=O)OCC(COC(=O)CCCCCCCC)OC(=O)CC/C=C\C/C=C\C/C=C\C/C=C\CC. The Labute approximate surface area is 391 Å². The molecule has 6 nitrogen and oxygen atoms in total. The van der Waals surface area contributed by atoms with Gasteiger partial charge in [0.15, 0.2) is 6.10 Å². The highest BCUT2D eigenvalue weighted by Gasteiger charge is 2.19. The Morgan fingerprint density at radius 3 is 1.02 bits per heavy atom. The van der Waals surface area contributed by atoms with Gasteiger partial charge in [-0.2, -0.15) is 0 Å². The zero-order valence-electron chi connectivity index (χ0n) is 40.5. The maximum absolute atomic E-state index is 12.7. The van der Waals surface area contributed by atoms with E-state index in [1.165, 1.54) is 19.3 Å². The van der Waals surface area contributed by atoms with Crippen LogP contribution in [-0.2, 0) is 28.6 Å². The maximum Gasteiger partial charge on any atom is 0.306 e. The molecule has 1 atom stereocenters. The van der Waals surface area contributed by atoms with E-state index in [0.717, 1.165) is 109 Å². The Hall–Kier alpha value is -4.71. The van der Waals surface area contributed by atoms with Gasteiger partial charge in [-0.25, -0.2) is 0 Å². The monoisotopic (exact) mass is 881 g/mol. The summed E-state index contributed by atoms with van der Waals surface area (Å²) in [5.41, 5.74) is 0. The number of carbonyl (C=O) groups excluding carboxylic acids is 3. The highest BCUT2D eigenvalue weighted by molar-refractivity contribution is 5.71. The molecule has 0 bridgehead atoms. The van der Waals surface area contributed by atoms with Gasteiger partial charge in [-0.15, -0.1) is 0 Å². The van der Waals surface area contributed by atoms with E-state index in [0.29, 0.717) is 19.3 Å². The van der Waals surface area contributed by atoms with Crippen molar-refractivity contribution in [3.63, 3.8) is 0 Å². The van der Waals surface area contributed by atoms with Gasteiger partial charge >= 0.3 is 17.9 Å². The first-order valence-corrected chi connectivity index (χ1v) is 24.8. The third kappa shape index (κ3) is 48.3. The van der Waals surface area contributed by atoms with E-state index >= 15 is 0 Å². The molecular weight excluding hydrogens is 793 g/mol. The van der Waals surface area contributed by atoms with Gasteiger partial charge in [-0.05, 0) is 109 Å². The molecule has 0 aliphatic heterocycles. The second kappa shape index (κ2) is 50.9. The van der Waals surface area contributed by atoms with Crippen LogP contribution in [0.3, 0.4) is 0 Å². The average molecular weight is 881 g/mol. The summed E-state index contributed by atoms with van der Waals surface area (Å²) in [6.07, 6.45) is 73.1. The maximum atomic E-state index is 12.7. The zero-order chi connectivity index (χ0) is 46.5. The fourth-order valence-electron chi connectivity index (χ4n) is 5.94. The lowest BCUT2D eigenvalue weighted by molar-refractivity contribution is -0.166. The van der Waals surface area contributed by atoms with Crippen LogP contribution in [0.1, 0.15) is 181 Å². The average Bonchev–Trinajstić information content (AvgIpc) is 3.29. The minimum Gasteiger partial charge on any atom is -0.462 e. The first-order valence-electron chi connectivity index (χ1n) is 24.8. The lowest BCUT2D eigenvalue weighted by Gasteiger charge is -2.18. The van der Waals surface area contributed by atoms with Crippen molar-refractivity contribution in [1.82, 2.24) is 0 Å². The minimum absolute atomic E-state index is 0.127. The third-order valence-electron chi connectivity index (χ3n) is 9.60. The molecule has 1 unspecified atom stereocenters. The van der Waals surface area contributed by atoms with Crippen LogP contribution in [0.5, 0.6) is 0 Å². The highest BCUT2D eigenvalue weighted by atomic mass is 16.6. The number of rotatable bonds is 42. The number of ether oxygens (including phenoxy) is 3. The minimum atomic E-state index is -0.835. The smallest absolute Gasteiger partial charge is 0.306 e. The first kappa shape index (κ1) is 59.3. The lowest BCUT2D eigenvalue weighted by Crippen LogP contribution is -2.30. The van der Waals surface area contributed by atoms with E-state index in [1.54, 1.807) is 0 Å². The third-order valence-corrected chi connectivity index (χ3v) is 9.60. The summed E-state index contributed by atoms with van der Waals surface area (Å²) < 4.78 is 16.5. The molecule has 0 rings (SSSR count). The second-order valence-corrected chi connectivity index (χ2v) is 15.6. The van der Waals surface area contributed by atoms with Crippen LogP contribution in [0.4, 0.5) is 0 Å². The van der Waals surface area contributed by atoms with Crippen molar-refractivity contribution in [2.75, 3.05) is 13.2 Å². The fourth-order valence-corrected chi connectivity index (χ4v) is 5.94. The summed E-state index contributed by atoms with van der Waals surface area (Å²) in [7, 11) is 0. The molecule has 0 aliphatic carbocycles. The number of carbonyl (C=O) groups is 3. The number of hydrogen-bond acceptors (Lipinski definition) is 6. The largest absolute Gasteiger partial charge is 0.462 e. The van der Waals surface area contributed by atoms with E-state index in [2.05, 4.69) is 154 Å². The molecule has 0 heterocycles. The summed E-state index contributed by atoms with van der Waals surface area (Å²) in [6, 6.07) is 0. The zero-order valence-corrected chi connectivity index (χ0v) is 40.5. The van der Waals surface area contributed by atoms with Crippen LogP contribution in [0, 0.1) is 0 Å². The van der Waals surface area contributed by atoms with Crippen LogP contribution in [-0.4, -0.2) is 37.2 Å². The van der Waals surface area contributed by atoms with Crippen LogP contribution >= 0.6 is 0 Å². The molecule has 0 saturated carbocycles. The summed E-state index contributed by atoms with van der Waals surface area (Å²) in [5, 5.41) is 0. The number of hydrogen-bond donors (Lipinski definition) is 0. The Morgan fingerprint density at radius 1 is 0.328 bits per heavy atom. The van der Waals surface area contributed by atoms with Crippen molar-refractivity contribution in [1.29, 1.82) is 0 Å². The quantitative estimate of drug-likeness (QED) is 0.0263. The Morgan fingerprint density at radius 2 is 0.641 bits per heavy atom. The molecule has 0 aromatic carbocycles. The molecule has 0 radical (unpaired) electrons. The first-order chi connectivity index (χ1) is 31.5. The van der Waals surface area contributed by atoms with Gasteiger partial charge < -0.3 is 14.2 Å². The van der Waals surface area contributed by atoms with Crippen molar-refractivity contribution in [3.05, 3.63) is 146 Å². The molecular formula is C58H88O6. The number of unbranched alkanes of at least 4 members (excludes halogenated alkanes) is 7. The van der Waals surface area contributed by atoms with E-state index in [4.69, 9.17) is 14.2 Å². The van der Waals surface area contributed by atoms with Crippen molar-refractivity contribution < 1.29 is 28.6 Å². The van der Waals surface area contributed by atoms with Gasteiger partial charge in [0.1, 0.15) is 13.2 Å². The molecule has 0 saturated heterocycles. The molecule has 6 heteroatoms. The molecule has 0 amide bonds. The van der Waals surface area contributed by atoms with E-state index in [1.807, 2.05) is 12.2 Å². The van der Waals surface area contributed by atoms with Crippen LogP contribution in [0.25, 0.3) is 0 Å². The summed E-state index contributed by atoms with van der Waals surface area (Å²) in [5.74, 6) is -1.08. The van der Waals surface area contributed by atoms with E-state index in [9.17, 15) is 14.4 Å². The Kier molecular flexibility index (Phi) is 47.2. The molecule has 0 aromatic rings. The Bertz CT molecular complexity index is 1480. The van der Waals surface area contributed by atoms with E-state index in [-0.39, 0.29) is 38.0 Å². The van der Waals surface area contributed by atoms with Crippen LogP contribution in [0.2, 0.25) is 0 Å². The van der Waals surface area contributed by atoms with Crippen molar-refractivity contribution >= 4 is 17.9 Å². The molecule has 0 fully saturated rings. The van der Waals surface area contributed by atoms with Crippen LogP contribution < -0.4 is 0 Å². The Balaban J connectivity index is 4.36. The fraction of sp³-hybridized carbons (Fsp3) is 0.534. The highest BCUT2D eigenvalue weighted by Crippen LogP contribution is 2.10. The van der Waals surface area contributed by atoms with Crippen molar-refractivity contribution in [3.8, 4) is 0 Å². The standard InChI is InChI=1S/C58H88O6/c1-4-7-10-13-16-18-20-22-23-24-25-26-27-28-29-30-31-32-33-34-35-37-38-40-42-45-48-51-57(60)63-54-55(53-62-56(59)50-47-44-15-12-9-6-3)64-58(61)52-49-46-43-41-39-36-21-19-17-14-11-8-5-2/h7-8,10-11,16-19,22-23,25-26,28-29,31-32,34-36,38-40,43,46,55H,4-6,9,12-15,20-21,24,27,30,33,37,41-42,44-45,47-54H2,1-3H3/b10-7-,11-8-,18-16-,19-17-,23-22-,26-25-,29-28-,32-31-,35-34-,39-36-,40-38-,46-43-. The molecule has 0 aliphatic rings. The second-order valence-electron chi connectivity index (χ2n) is 15.6. The molecule has 0 N–H and O–H groups in total. The van der Waals surface area contributed by atoms with Gasteiger partial charge in [0, 0.05) is 19.3 Å². The van der Waals surface area contributed by atoms with Crippen LogP contribution in [0.15, 0.2) is 146 Å². The predicted molar refractivity (Wildman–Crippen MR) is 274 cm³/mol.